The lowest BCUT2D eigenvalue weighted by atomic mass is 10.1. The number of benzene rings is 1. The molecule has 2 N–H and O–H groups in total. The van der Waals surface area contributed by atoms with E-state index in [4.69, 9.17) is 10.2 Å². The minimum absolute atomic E-state index is 0.127. The Morgan fingerprint density at radius 1 is 0.857 bits per heavy atom. The van der Waals surface area contributed by atoms with Gasteiger partial charge >= 0.3 is 11.9 Å². The summed E-state index contributed by atoms with van der Waals surface area (Å²) in [7, 11) is 0. The molecule has 0 fully saturated rings. The summed E-state index contributed by atoms with van der Waals surface area (Å²) in [5.74, 6) is -1.55. The number of hydrogen-bond donors (Lipinski definition) is 2. The number of carbonyl (C=O) groups is 2. The Morgan fingerprint density at radius 2 is 1.52 bits per heavy atom. The maximum atomic E-state index is 10.7. The molecule has 0 unspecified atom stereocenters. The molecule has 0 aromatic heterocycles. The van der Waals surface area contributed by atoms with E-state index in [9.17, 15) is 9.59 Å². The summed E-state index contributed by atoms with van der Waals surface area (Å²) in [6, 6.07) is 9.95. The van der Waals surface area contributed by atoms with Gasteiger partial charge in [-0.1, -0.05) is 36.8 Å². The maximum absolute atomic E-state index is 10.7. The van der Waals surface area contributed by atoms with Crippen molar-refractivity contribution in [1.82, 2.24) is 4.90 Å². The monoisotopic (exact) mass is 293 g/mol. The predicted molar refractivity (Wildman–Crippen MR) is 80.1 cm³/mol. The maximum Gasteiger partial charge on any atom is 0.304 e. The molecule has 0 saturated heterocycles. The molecule has 0 saturated carbocycles. The zero-order valence-corrected chi connectivity index (χ0v) is 12.2. The Labute approximate surface area is 125 Å². The van der Waals surface area contributed by atoms with Gasteiger partial charge in [0.2, 0.25) is 0 Å². The molecule has 0 aliphatic carbocycles. The SMILES string of the molecule is O=C(O)CCCCCN(CCC(=O)O)Cc1ccccc1. The third-order valence-corrected chi connectivity index (χ3v) is 3.26. The summed E-state index contributed by atoms with van der Waals surface area (Å²) in [4.78, 5) is 23.3. The lowest BCUT2D eigenvalue weighted by molar-refractivity contribution is -0.138. The van der Waals surface area contributed by atoms with Gasteiger partial charge in [-0.15, -0.1) is 0 Å². The summed E-state index contributed by atoms with van der Waals surface area (Å²) in [6.45, 7) is 2.04. The van der Waals surface area contributed by atoms with Crippen LogP contribution in [0.3, 0.4) is 0 Å². The Bertz CT molecular complexity index is 433. The minimum Gasteiger partial charge on any atom is -0.481 e. The Hall–Kier alpha value is -1.88. The van der Waals surface area contributed by atoms with E-state index in [1.165, 1.54) is 0 Å². The van der Waals surface area contributed by atoms with Gasteiger partial charge in [-0.25, -0.2) is 0 Å². The van der Waals surface area contributed by atoms with Gasteiger partial charge in [-0.3, -0.25) is 14.5 Å². The number of unbranched alkanes of at least 4 members (excludes halogenated alkanes) is 2. The summed E-state index contributed by atoms with van der Waals surface area (Å²) < 4.78 is 0. The van der Waals surface area contributed by atoms with Crippen LogP contribution in [0, 0.1) is 0 Å². The molecule has 1 aromatic rings. The third-order valence-electron chi connectivity index (χ3n) is 3.26. The number of nitrogens with zero attached hydrogens (tertiary/aromatic N) is 1. The molecule has 21 heavy (non-hydrogen) atoms. The molecule has 0 radical (unpaired) electrons. The van der Waals surface area contributed by atoms with Crippen LogP contribution >= 0.6 is 0 Å². The van der Waals surface area contributed by atoms with Crippen LogP contribution in [0.4, 0.5) is 0 Å². The predicted octanol–water partition coefficient (Wildman–Crippen LogP) is 2.61. The average molecular weight is 293 g/mol. The standard InChI is InChI=1S/C16H23NO4/c18-15(19)9-5-2-6-11-17(12-10-16(20)21)13-14-7-3-1-4-8-14/h1,3-4,7-8H,2,5-6,9-13H2,(H,18,19)(H,20,21). The fourth-order valence-electron chi connectivity index (χ4n) is 2.15. The normalized spacial score (nSPS) is 10.7. The van der Waals surface area contributed by atoms with Gasteiger partial charge in [0.05, 0.1) is 6.42 Å². The Balaban J connectivity index is 2.37. The lowest BCUT2D eigenvalue weighted by Crippen LogP contribution is -2.27. The first-order valence-electron chi connectivity index (χ1n) is 7.28. The van der Waals surface area contributed by atoms with Crippen molar-refractivity contribution in [3.05, 3.63) is 35.9 Å². The van der Waals surface area contributed by atoms with Crippen LogP contribution in [-0.2, 0) is 16.1 Å². The fraction of sp³-hybridized carbons (Fsp3) is 0.500. The van der Waals surface area contributed by atoms with Crippen molar-refractivity contribution in [3.8, 4) is 0 Å². The first kappa shape index (κ1) is 17.2. The van der Waals surface area contributed by atoms with Gasteiger partial charge in [-0.2, -0.15) is 0 Å². The van der Waals surface area contributed by atoms with Gasteiger partial charge in [0, 0.05) is 19.5 Å². The number of hydrogen-bond acceptors (Lipinski definition) is 3. The second kappa shape index (κ2) is 9.94. The summed E-state index contributed by atoms with van der Waals surface area (Å²) >= 11 is 0. The second-order valence-corrected chi connectivity index (χ2v) is 5.11. The van der Waals surface area contributed by atoms with Crippen LogP contribution in [0.15, 0.2) is 30.3 Å². The molecule has 1 aromatic carbocycles. The summed E-state index contributed by atoms with van der Waals surface area (Å²) in [5, 5.41) is 17.4. The van der Waals surface area contributed by atoms with Crippen LogP contribution in [0.5, 0.6) is 0 Å². The highest BCUT2D eigenvalue weighted by atomic mass is 16.4. The van der Waals surface area contributed by atoms with Crippen molar-refractivity contribution in [2.45, 2.75) is 38.6 Å². The van der Waals surface area contributed by atoms with E-state index >= 15 is 0 Å². The first-order valence-corrected chi connectivity index (χ1v) is 7.28. The van der Waals surface area contributed by atoms with Gasteiger partial charge in [0.25, 0.3) is 0 Å². The van der Waals surface area contributed by atoms with Gasteiger partial charge < -0.3 is 10.2 Å². The average Bonchev–Trinajstić information content (AvgIpc) is 2.44. The third kappa shape index (κ3) is 8.81. The van der Waals surface area contributed by atoms with E-state index in [1.807, 2.05) is 30.3 Å². The molecule has 0 heterocycles. The second-order valence-electron chi connectivity index (χ2n) is 5.11. The molecular weight excluding hydrogens is 270 g/mol. The van der Waals surface area contributed by atoms with Crippen molar-refractivity contribution in [2.24, 2.45) is 0 Å². The van der Waals surface area contributed by atoms with Crippen molar-refractivity contribution in [2.75, 3.05) is 13.1 Å². The highest BCUT2D eigenvalue weighted by Gasteiger charge is 2.08. The van der Waals surface area contributed by atoms with E-state index in [0.717, 1.165) is 31.5 Å². The molecule has 0 aliphatic heterocycles. The molecular formula is C16H23NO4. The zero-order valence-electron chi connectivity index (χ0n) is 12.2. The van der Waals surface area contributed by atoms with Gasteiger partial charge in [0.1, 0.15) is 0 Å². The van der Waals surface area contributed by atoms with E-state index in [2.05, 4.69) is 4.90 Å². The molecule has 1 rings (SSSR count). The van der Waals surface area contributed by atoms with Crippen LogP contribution < -0.4 is 0 Å². The number of carboxylic acids is 2. The smallest absolute Gasteiger partial charge is 0.304 e. The number of carboxylic acid groups (broad SMARTS) is 2. The molecule has 0 aliphatic rings. The molecule has 0 bridgehead atoms. The number of rotatable bonds is 11. The highest BCUT2D eigenvalue weighted by Crippen LogP contribution is 2.08. The van der Waals surface area contributed by atoms with Crippen molar-refractivity contribution in [3.63, 3.8) is 0 Å². The van der Waals surface area contributed by atoms with Crippen LogP contribution in [0.25, 0.3) is 0 Å². The van der Waals surface area contributed by atoms with Crippen LogP contribution in [-0.4, -0.2) is 40.1 Å². The first-order chi connectivity index (χ1) is 10.1. The largest absolute Gasteiger partial charge is 0.481 e. The van der Waals surface area contributed by atoms with E-state index in [0.29, 0.717) is 13.0 Å². The quantitative estimate of drug-likeness (QED) is 0.613. The van der Waals surface area contributed by atoms with Gasteiger partial charge in [0.15, 0.2) is 0 Å². The number of aliphatic carboxylic acids is 2. The molecule has 0 atom stereocenters. The topological polar surface area (TPSA) is 77.8 Å². The highest BCUT2D eigenvalue weighted by molar-refractivity contribution is 5.67. The lowest BCUT2D eigenvalue weighted by Gasteiger charge is -2.21. The molecule has 116 valence electrons. The van der Waals surface area contributed by atoms with E-state index < -0.39 is 11.9 Å². The molecule has 0 amide bonds. The van der Waals surface area contributed by atoms with Gasteiger partial charge in [-0.05, 0) is 24.9 Å². The van der Waals surface area contributed by atoms with Crippen LogP contribution in [0.2, 0.25) is 0 Å². The zero-order chi connectivity index (χ0) is 15.5. The van der Waals surface area contributed by atoms with E-state index in [1.54, 1.807) is 0 Å². The molecule has 5 heteroatoms. The minimum atomic E-state index is -0.793. The molecule has 0 spiro atoms. The van der Waals surface area contributed by atoms with Crippen molar-refractivity contribution in [1.29, 1.82) is 0 Å². The fourth-order valence-corrected chi connectivity index (χ4v) is 2.15. The Morgan fingerprint density at radius 3 is 2.14 bits per heavy atom. The van der Waals surface area contributed by atoms with Crippen LogP contribution in [0.1, 0.15) is 37.7 Å². The van der Waals surface area contributed by atoms with Crippen molar-refractivity contribution >= 4 is 11.9 Å². The van der Waals surface area contributed by atoms with E-state index in [-0.39, 0.29) is 12.8 Å². The summed E-state index contributed by atoms with van der Waals surface area (Å²) in [6.07, 6.45) is 2.74. The molecule has 5 nitrogen and oxygen atoms in total. The Kier molecular flexibility index (Phi) is 8.12. The van der Waals surface area contributed by atoms with Crippen molar-refractivity contribution < 1.29 is 19.8 Å². The summed E-state index contributed by atoms with van der Waals surface area (Å²) in [5.41, 5.74) is 1.16.